The zero-order chi connectivity index (χ0) is 12.1. The van der Waals surface area contributed by atoms with Gasteiger partial charge in [-0.05, 0) is 33.6 Å². The van der Waals surface area contributed by atoms with E-state index in [1.807, 2.05) is 0 Å². The van der Waals surface area contributed by atoms with Crippen molar-refractivity contribution in [2.24, 2.45) is 5.73 Å². The fourth-order valence-corrected chi connectivity index (χ4v) is 1.53. The van der Waals surface area contributed by atoms with Gasteiger partial charge in [-0.1, -0.05) is 6.07 Å². The number of carbonyl (C=O) groups excluding carboxylic acids is 1. The topological polar surface area (TPSA) is 75.4 Å². The van der Waals surface area contributed by atoms with Gasteiger partial charge >= 0.3 is 0 Å². The van der Waals surface area contributed by atoms with Crippen molar-refractivity contribution < 1.29 is 14.3 Å². The quantitative estimate of drug-likeness (QED) is 0.740. The maximum Gasteiger partial charge on any atom is 0.247 e. The first kappa shape index (κ1) is 13.1. The summed E-state index contributed by atoms with van der Waals surface area (Å²) in [5, 5.41) is 11.9. The predicted octanol–water partition coefficient (Wildman–Crippen LogP) is 0.524. The molecule has 1 aromatic rings. The summed E-state index contributed by atoms with van der Waals surface area (Å²) in [6, 6.07) is 4.58. The number of aliphatic hydroxyl groups is 1. The molecule has 0 radical (unpaired) electrons. The van der Waals surface area contributed by atoms with Crippen LogP contribution in [0.2, 0.25) is 0 Å². The van der Waals surface area contributed by atoms with Crippen LogP contribution in [0.4, 0.5) is 4.39 Å². The Morgan fingerprint density at radius 2 is 2.31 bits per heavy atom. The Labute approximate surface area is 101 Å². The molecule has 0 fully saturated rings. The van der Waals surface area contributed by atoms with Crippen molar-refractivity contribution in [3.8, 4) is 0 Å². The van der Waals surface area contributed by atoms with Gasteiger partial charge in [0.1, 0.15) is 11.9 Å². The number of primary amides is 1. The van der Waals surface area contributed by atoms with Crippen LogP contribution in [0.1, 0.15) is 5.56 Å². The van der Waals surface area contributed by atoms with Crippen molar-refractivity contribution in [3.05, 3.63) is 34.1 Å². The number of benzene rings is 1. The number of rotatable bonds is 5. The van der Waals surface area contributed by atoms with Crippen molar-refractivity contribution in [2.45, 2.75) is 12.6 Å². The molecule has 6 heteroatoms. The molecular formula is C10H12BrFN2O2. The average Bonchev–Trinajstić information content (AvgIpc) is 2.23. The monoisotopic (exact) mass is 290 g/mol. The first-order valence-corrected chi connectivity index (χ1v) is 5.42. The van der Waals surface area contributed by atoms with Crippen LogP contribution in [-0.2, 0) is 11.3 Å². The summed E-state index contributed by atoms with van der Waals surface area (Å²) < 4.78 is 13.3. The first-order chi connectivity index (χ1) is 7.50. The summed E-state index contributed by atoms with van der Waals surface area (Å²) in [5.41, 5.74) is 5.71. The number of carbonyl (C=O) groups is 1. The Morgan fingerprint density at radius 1 is 1.62 bits per heavy atom. The molecule has 0 heterocycles. The normalized spacial score (nSPS) is 12.4. The minimum Gasteiger partial charge on any atom is -0.382 e. The smallest absolute Gasteiger partial charge is 0.247 e. The molecule has 0 aliphatic heterocycles. The number of nitrogens with two attached hydrogens (primary N) is 1. The van der Waals surface area contributed by atoms with Gasteiger partial charge in [0, 0.05) is 13.1 Å². The van der Waals surface area contributed by atoms with E-state index in [1.54, 1.807) is 12.1 Å². The molecule has 1 unspecified atom stereocenters. The molecule has 1 rings (SSSR count). The van der Waals surface area contributed by atoms with Crippen LogP contribution in [0.3, 0.4) is 0 Å². The number of nitrogens with one attached hydrogen (secondary N) is 1. The summed E-state index contributed by atoms with van der Waals surface area (Å²) >= 11 is 3.06. The highest BCUT2D eigenvalue weighted by Crippen LogP contribution is 2.16. The zero-order valence-corrected chi connectivity index (χ0v) is 10.00. The number of amides is 1. The molecule has 88 valence electrons. The summed E-state index contributed by atoms with van der Waals surface area (Å²) in [6.07, 6.45) is -1.20. The lowest BCUT2D eigenvalue weighted by Gasteiger charge is -2.08. The third-order valence-corrected chi connectivity index (χ3v) is 2.59. The molecule has 1 aromatic carbocycles. The fraction of sp³-hybridized carbons (Fsp3) is 0.300. The second-order valence-corrected chi connectivity index (χ2v) is 4.15. The number of hydrogen-bond acceptors (Lipinski definition) is 3. The standard InChI is InChI=1S/C10H12BrFN2O2/c11-7-3-6(1-2-8(7)12)4-14-5-9(15)10(13)16/h1-3,9,14-15H,4-5H2,(H2,13,16). The number of hydrogen-bond donors (Lipinski definition) is 3. The van der Waals surface area contributed by atoms with E-state index in [9.17, 15) is 9.18 Å². The third kappa shape index (κ3) is 3.88. The Balaban J connectivity index is 2.43. The fourth-order valence-electron chi connectivity index (χ4n) is 1.10. The molecule has 0 saturated heterocycles. The minimum absolute atomic E-state index is 0.0737. The van der Waals surface area contributed by atoms with E-state index >= 15 is 0 Å². The molecule has 4 N–H and O–H groups in total. The molecule has 0 saturated carbocycles. The van der Waals surface area contributed by atoms with Gasteiger partial charge in [-0.2, -0.15) is 0 Å². The van der Waals surface area contributed by atoms with Crippen LogP contribution in [0.25, 0.3) is 0 Å². The van der Waals surface area contributed by atoms with E-state index in [0.717, 1.165) is 5.56 Å². The van der Waals surface area contributed by atoms with Gasteiger partial charge in [-0.3, -0.25) is 4.79 Å². The van der Waals surface area contributed by atoms with E-state index in [-0.39, 0.29) is 12.4 Å². The van der Waals surface area contributed by atoms with Gasteiger partial charge in [-0.15, -0.1) is 0 Å². The van der Waals surface area contributed by atoms with Gasteiger partial charge in [-0.25, -0.2) is 4.39 Å². The van der Waals surface area contributed by atoms with E-state index < -0.39 is 12.0 Å². The number of aliphatic hydroxyl groups excluding tert-OH is 1. The Bertz CT molecular complexity index is 387. The van der Waals surface area contributed by atoms with Gasteiger partial charge in [0.05, 0.1) is 4.47 Å². The van der Waals surface area contributed by atoms with Crippen molar-refractivity contribution in [3.63, 3.8) is 0 Å². The largest absolute Gasteiger partial charge is 0.382 e. The Kier molecular flexibility index (Phi) is 4.85. The molecule has 0 aromatic heterocycles. The van der Waals surface area contributed by atoms with E-state index in [1.165, 1.54) is 6.07 Å². The van der Waals surface area contributed by atoms with Crippen LogP contribution >= 0.6 is 15.9 Å². The summed E-state index contributed by atoms with van der Waals surface area (Å²) in [6.45, 7) is 0.494. The number of halogens is 2. The minimum atomic E-state index is -1.20. The third-order valence-electron chi connectivity index (χ3n) is 1.98. The molecule has 1 atom stereocenters. The molecule has 1 amide bonds. The SMILES string of the molecule is NC(=O)C(O)CNCc1ccc(F)c(Br)c1. The Morgan fingerprint density at radius 3 is 2.88 bits per heavy atom. The molecule has 4 nitrogen and oxygen atoms in total. The van der Waals surface area contributed by atoms with Gasteiger partial charge in [0.2, 0.25) is 5.91 Å². The highest BCUT2D eigenvalue weighted by atomic mass is 79.9. The van der Waals surface area contributed by atoms with Crippen LogP contribution < -0.4 is 11.1 Å². The molecule has 0 bridgehead atoms. The molecule has 16 heavy (non-hydrogen) atoms. The Hall–Kier alpha value is -0.980. The van der Waals surface area contributed by atoms with Crippen LogP contribution in [0, 0.1) is 5.82 Å². The second-order valence-electron chi connectivity index (χ2n) is 3.30. The van der Waals surface area contributed by atoms with Crippen molar-refractivity contribution in [2.75, 3.05) is 6.54 Å². The highest BCUT2D eigenvalue weighted by Gasteiger charge is 2.09. The first-order valence-electron chi connectivity index (χ1n) is 4.62. The highest BCUT2D eigenvalue weighted by molar-refractivity contribution is 9.10. The van der Waals surface area contributed by atoms with Crippen molar-refractivity contribution in [1.82, 2.24) is 5.32 Å². The van der Waals surface area contributed by atoms with Gasteiger partial charge in [0.15, 0.2) is 0 Å². The average molecular weight is 291 g/mol. The molecule has 0 aliphatic rings. The summed E-state index contributed by atoms with van der Waals surface area (Å²) in [5.74, 6) is -1.10. The van der Waals surface area contributed by atoms with Crippen LogP contribution in [-0.4, -0.2) is 23.7 Å². The lowest BCUT2D eigenvalue weighted by Crippen LogP contribution is -2.37. The van der Waals surface area contributed by atoms with Crippen LogP contribution in [0.15, 0.2) is 22.7 Å². The van der Waals surface area contributed by atoms with Gasteiger partial charge in [0.25, 0.3) is 0 Å². The zero-order valence-electron chi connectivity index (χ0n) is 8.41. The van der Waals surface area contributed by atoms with Crippen molar-refractivity contribution in [1.29, 1.82) is 0 Å². The van der Waals surface area contributed by atoms with E-state index in [4.69, 9.17) is 10.8 Å². The maximum atomic E-state index is 12.9. The summed E-state index contributed by atoms with van der Waals surface area (Å²) in [7, 11) is 0. The van der Waals surface area contributed by atoms with E-state index in [2.05, 4.69) is 21.2 Å². The second kappa shape index (κ2) is 5.93. The molecule has 0 aliphatic carbocycles. The predicted molar refractivity (Wildman–Crippen MR) is 61.0 cm³/mol. The van der Waals surface area contributed by atoms with E-state index in [0.29, 0.717) is 11.0 Å². The lowest BCUT2D eigenvalue weighted by atomic mass is 10.2. The van der Waals surface area contributed by atoms with Crippen LogP contribution in [0.5, 0.6) is 0 Å². The maximum absolute atomic E-state index is 12.9. The molecular weight excluding hydrogens is 279 g/mol. The van der Waals surface area contributed by atoms with Gasteiger partial charge < -0.3 is 16.2 Å². The lowest BCUT2D eigenvalue weighted by molar-refractivity contribution is -0.125. The van der Waals surface area contributed by atoms with Crippen molar-refractivity contribution >= 4 is 21.8 Å². The summed E-state index contributed by atoms with van der Waals surface area (Å²) in [4.78, 5) is 10.5. The molecule has 0 spiro atoms.